The molecule has 0 radical (unpaired) electrons. The van der Waals surface area contributed by atoms with E-state index in [1.165, 1.54) is 6.07 Å². The summed E-state index contributed by atoms with van der Waals surface area (Å²) in [6.07, 6.45) is 3.54. The van der Waals surface area contributed by atoms with Crippen molar-refractivity contribution in [2.45, 2.75) is 0 Å². The molecule has 0 aromatic carbocycles. The molecule has 0 saturated carbocycles. The quantitative estimate of drug-likeness (QED) is 0.556. The van der Waals surface area contributed by atoms with Gasteiger partial charge in [-0.2, -0.15) is 4.39 Å². The summed E-state index contributed by atoms with van der Waals surface area (Å²) in [5.41, 5.74) is 3.09. The van der Waals surface area contributed by atoms with Crippen LogP contribution < -0.4 is 5.32 Å². The fourth-order valence-corrected chi connectivity index (χ4v) is 2.55. The summed E-state index contributed by atoms with van der Waals surface area (Å²) in [6.45, 7) is 0. The molecule has 0 aliphatic rings. The maximum atomic E-state index is 13.6. The second-order valence-electron chi connectivity index (χ2n) is 4.95. The standard InChI is InChI=1S/C16H12FN5/c1-18-15-7-9(6-14(17)22-15)12-3-2-10-11-8-19-5-4-13(11)21-16(10)20-12/h2-8H,1H3,(H,18,22)(H,20,21). The molecule has 5 nitrogen and oxygen atoms in total. The lowest BCUT2D eigenvalue weighted by Crippen LogP contribution is -1.96. The molecule has 0 unspecified atom stereocenters. The van der Waals surface area contributed by atoms with Gasteiger partial charge in [-0.1, -0.05) is 0 Å². The van der Waals surface area contributed by atoms with Gasteiger partial charge in [0.2, 0.25) is 5.95 Å². The highest BCUT2D eigenvalue weighted by molar-refractivity contribution is 6.05. The van der Waals surface area contributed by atoms with Gasteiger partial charge in [-0.3, -0.25) is 4.98 Å². The van der Waals surface area contributed by atoms with Crippen molar-refractivity contribution in [3.63, 3.8) is 0 Å². The topological polar surface area (TPSA) is 66.5 Å². The Bertz CT molecular complexity index is 992. The Labute approximate surface area is 125 Å². The molecule has 0 atom stereocenters. The first-order valence-electron chi connectivity index (χ1n) is 6.83. The normalized spacial score (nSPS) is 11.2. The van der Waals surface area contributed by atoms with Crippen LogP contribution in [0.5, 0.6) is 0 Å². The minimum absolute atomic E-state index is 0.470. The van der Waals surface area contributed by atoms with Crippen LogP contribution in [-0.4, -0.2) is 27.0 Å². The fraction of sp³-hybridized carbons (Fsp3) is 0.0625. The van der Waals surface area contributed by atoms with Gasteiger partial charge in [-0.15, -0.1) is 0 Å². The van der Waals surface area contributed by atoms with Crippen molar-refractivity contribution in [3.05, 3.63) is 48.7 Å². The van der Waals surface area contributed by atoms with Gasteiger partial charge in [0.25, 0.3) is 0 Å². The highest BCUT2D eigenvalue weighted by Crippen LogP contribution is 2.27. The van der Waals surface area contributed by atoms with E-state index in [-0.39, 0.29) is 0 Å². The fourth-order valence-electron chi connectivity index (χ4n) is 2.55. The number of halogens is 1. The summed E-state index contributed by atoms with van der Waals surface area (Å²) in [7, 11) is 1.70. The molecular weight excluding hydrogens is 281 g/mol. The smallest absolute Gasteiger partial charge is 0.215 e. The van der Waals surface area contributed by atoms with Gasteiger partial charge >= 0.3 is 0 Å². The first-order valence-corrected chi connectivity index (χ1v) is 6.83. The summed E-state index contributed by atoms with van der Waals surface area (Å²) in [4.78, 5) is 15.7. The van der Waals surface area contributed by atoms with Crippen LogP contribution in [0, 0.1) is 5.95 Å². The summed E-state index contributed by atoms with van der Waals surface area (Å²) < 4.78 is 13.6. The van der Waals surface area contributed by atoms with Crippen LogP contribution in [0.15, 0.2) is 42.7 Å². The van der Waals surface area contributed by atoms with E-state index in [1.807, 2.05) is 18.2 Å². The monoisotopic (exact) mass is 293 g/mol. The Morgan fingerprint density at radius 1 is 1.09 bits per heavy atom. The average Bonchev–Trinajstić information content (AvgIpc) is 2.91. The molecule has 4 rings (SSSR count). The SMILES string of the molecule is CNc1cc(-c2ccc3c(n2)[nH]c2ccncc23)cc(F)n1. The number of rotatable bonds is 2. The predicted molar refractivity (Wildman–Crippen MR) is 84.1 cm³/mol. The number of nitrogens with zero attached hydrogens (tertiary/aromatic N) is 3. The molecule has 4 heterocycles. The maximum Gasteiger partial charge on any atom is 0.215 e. The molecule has 4 aromatic rings. The Kier molecular flexibility index (Phi) is 2.75. The molecule has 108 valence electrons. The van der Waals surface area contributed by atoms with E-state index < -0.39 is 5.95 Å². The number of hydrogen-bond donors (Lipinski definition) is 2. The molecule has 0 amide bonds. The highest BCUT2D eigenvalue weighted by atomic mass is 19.1. The largest absolute Gasteiger partial charge is 0.373 e. The molecule has 0 spiro atoms. The maximum absolute atomic E-state index is 13.6. The second kappa shape index (κ2) is 4.77. The van der Waals surface area contributed by atoms with Crippen LogP contribution in [0.1, 0.15) is 0 Å². The predicted octanol–water partition coefficient (Wildman–Crippen LogP) is 3.35. The molecule has 0 fully saturated rings. The van der Waals surface area contributed by atoms with Crippen molar-refractivity contribution >= 4 is 27.8 Å². The van der Waals surface area contributed by atoms with E-state index in [0.717, 1.165) is 21.9 Å². The number of aromatic amines is 1. The molecule has 0 saturated heterocycles. The van der Waals surface area contributed by atoms with Crippen LogP contribution in [0.4, 0.5) is 10.2 Å². The van der Waals surface area contributed by atoms with Crippen molar-refractivity contribution < 1.29 is 4.39 Å². The van der Waals surface area contributed by atoms with Gasteiger partial charge in [-0.05, 0) is 24.3 Å². The lowest BCUT2D eigenvalue weighted by Gasteiger charge is -2.04. The van der Waals surface area contributed by atoms with Crippen molar-refractivity contribution in [1.82, 2.24) is 19.9 Å². The number of hydrogen-bond acceptors (Lipinski definition) is 4. The molecule has 22 heavy (non-hydrogen) atoms. The van der Waals surface area contributed by atoms with Gasteiger partial charge in [0.1, 0.15) is 11.5 Å². The van der Waals surface area contributed by atoms with Crippen LogP contribution in [0.25, 0.3) is 33.2 Å². The number of nitrogens with one attached hydrogen (secondary N) is 2. The van der Waals surface area contributed by atoms with Crippen molar-refractivity contribution in [2.75, 3.05) is 12.4 Å². The number of pyridine rings is 3. The molecule has 0 aliphatic carbocycles. The summed E-state index contributed by atoms with van der Waals surface area (Å²) in [5, 5.41) is 4.86. The van der Waals surface area contributed by atoms with Gasteiger partial charge in [0.05, 0.1) is 11.2 Å². The second-order valence-corrected chi connectivity index (χ2v) is 4.95. The summed E-state index contributed by atoms with van der Waals surface area (Å²) in [5.74, 6) is -0.0673. The average molecular weight is 293 g/mol. The van der Waals surface area contributed by atoms with E-state index in [4.69, 9.17) is 0 Å². The summed E-state index contributed by atoms with van der Waals surface area (Å²) in [6, 6.07) is 8.88. The number of anilines is 1. The van der Waals surface area contributed by atoms with Gasteiger partial charge in [0.15, 0.2) is 0 Å². The van der Waals surface area contributed by atoms with E-state index in [0.29, 0.717) is 17.1 Å². The number of fused-ring (bicyclic) bond motifs is 3. The first kappa shape index (κ1) is 12.7. The van der Waals surface area contributed by atoms with Crippen molar-refractivity contribution in [2.24, 2.45) is 0 Å². The highest BCUT2D eigenvalue weighted by Gasteiger charge is 2.09. The van der Waals surface area contributed by atoms with Crippen LogP contribution in [-0.2, 0) is 0 Å². The lowest BCUT2D eigenvalue weighted by molar-refractivity contribution is 0.586. The molecule has 0 aliphatic heterocycles. The third-order valence-electron chi connectivity index (χ3n) is 3.61. The Balaban J connectivity index is 1.92. The number of H-pyrrole nitrogens is 1. The Morgan fingerprint density at radius 3 is 2.86 bits per heavy atom. The minimum Gasteiger partial charge on any atom is -0.373 e. The lowest BCUT2D eigenvalue weighted by atomic mass is 10.1. The molecule has 2 N–H and O–H groups in total. The van der Waals surface area contributed by atoms with Crippen molar-refractivity contribution in [3.8, 4) is 11.3 Å². The van der Waals surface area contributed by atoms with E-state index in [1.54, 1.807) is 25.5 Å². The van der Waals surface area contributed by atoms with Crippen LogP contribution >= 0.6 is 0 Å². The Hall–Kier alpha value is -3.02. The molecule has 0 bridgehead atoms. The number of aromatic nitrogens is 4. The first-order chi connectivity index (χ1) is 10.7. The van der Waals surface area contributed by atoms with E-state index in [9.17, 15) is 4.39 Å². The molecule has 6 heteroatoms. The Morgan fingerprint density at radius 2 is 2.00 bits per heavy atom. The van der Waals surface area contributed by atoms with Gasteiger partial charge < -0.3 is 10.3 Å². The zero-order valence-corrected chi connectivity index (χ0v) is 11.8. The van der Waals surface area contributed by atoms with E-state index >= 15 is 0 Å². The van der Waals surface area contributed by atoms with Crippen LogP contribution in [0.3, 0.4) is 0 Å². The van der Waals surface area contributed by atoms with Gasteiger partial charge in [-0.25, -0.2) is 9.97 Å². The third-order valence-corrected chi connectivity index (χ3v) is 3.61. The summed E-state index contributed by atoms with van der Waals surface area (Å²) >= 11 is 0. The van der Waals surface area contributed by atoms with Crippen LogP contribution in [0.2, 0.25) is 0 Å². The van der Waals surface area contributed by atoms with Crippen molar-refractivity contribution in [1.29, 1.82) is 0 Å². The molecular formula is C16H12FN5. The van der Waals surface area contributed by atoms with E-state index in [2.05, 4.69) is 25.3 Å². The molecule has 4 aromatic heterocycles. The third kappa shape index (κ3) is 1.96. The van der Waals surface area contributed by atoms with Gasteiger partial charge in [0, 0.05) is 41.8 Å². The minimum atomic E-state index is -0.537. The zero-order valence-electron chi connectivity index (χ0n) is 11.8. The zero-order chi connectivity index (χ0) is 15.1.